The summed E-state index contributed by atoms with van der Waals surface area (Å²) in [6.07, 6.45) is 0.139. The van der Waals surface area contributed by atoms with E-state index in [0.717, 1.165) is 22.6 Å². The Hall–Kier alpha value is -1.85. The van der Waals surface area contributed by atoms with Crippen LogP contribution in [0.4, 0.5) is 0 Å². The quantitative estimate of drug-likeness (QED) is 0.888. The fraction of sp³-hybridized carbons (Fsp3) is 0.375. The molecule has 2 aromatic rings. The summed E-state index contributed by atoms with van der Waals surface area (Å²) in [5.41, 5.74) is 4.10. The van der Waals surface area contributed by atoms with Gasteiger partial charge in [0.05, 0.1) is 17.8 Å². The van der Waals surface area contributed by atoms with Crippen LogP contribution in [-0.2, 0) is 11.3 Å². The van der Waals surface area contributed by atoms with E-state index in [0.29, 0.717) is 18.1 Å². The Balaban J connectivity index is 2.20. The third-order valence-corrected chi connectivity index (χ3v) is 3.90. The number of benzene rings is 1. The number of carboxylic acid groups (broad SMARTS) is 1. The lowest BCUT2D eigenvalue weighted by molar-refractivity contribution is -0.137. The molecule has 1 aromatic heterocycles. The van der Waals surface area contributed by atoms with Crippen molar-refractivity contribution in [3.63, 3.8) is 0 Å². The Morgan fingerprint density at radius 2 is 1.95 bits per heavy atom. The Morgan fingerprint density at radius 3 is 2.55 bits per heavy atom. The smallest absolute Gasteiger partial charge is 0.304 e. The van der Waals surface area contributed by atoms with Gasteiger partial charge in [-0.15, -0.1) is 0 Å². The number of carbonyl (C=O) groups is 1. The number of halogens is 1. The molecule has 0 atom stereocenters. The molecule has 0 spiro atoms. The van der Waals surface area contributed by atoms with Crippen LogP contribution < -0.4 is 0 Å². The predicted octanol–water partition coefficient (Wildman–Crippen LogP) is 3.05. The van der Waals surface area contributed by atoms with Crippen LogP contribution >= 0.6 is 11.6 Å². The Morgan fingerprint density at radius 1 is 1.32 bits per heavy atom. The van der Waals surface area contributed by atoms with E-state index in [2.05, 4.69) is 5.10 Å². The van der Waals surface area contributed by atoms with Crippen molar-refractivity contribution in [2.45, 2.75) is 26.8 Å². The maximum Gasteiger partial charge on any atom is 0.304 e. The van der Waals surface area contributed by atoms with Gasteiger partial charge in [-0.05, 0) is 45.2 Å². The summed E-state index contributed by atoms with van der Waals surface area (Å²) in [7, 11) is 1.92. The average molecular weight is 322 g/mol. The summed E-state index contributed by atoms with van der Waals surface area (Å²) >= 11 is 5.92. The summed E-state index contributed by atoms with van der Waals surface area (Å²) in [6, 6.07) is 7.54. The summed E-state index contributed by atoms with van der Waals surface area (Å²) < 4.78 is 1.89. The van der Waals surface area contributed by atoms with Gasteiger partial charge < -0.3 is 10.0 Å². The lowest BCUT2D eigenvalue weighted by Gasteiger charge is -2.15. The predicted molar refractivity (Wildman–Crippen MR) is 86.6 cm³/mol. The number of nitrogens with zero attached hydrogens (tertiary/aromatic N) is 3. The van der Waals surface area contributed by atoms with Crippen LogP contribution in [0.3, 0.4) is 0 Å². The number of aryl methyl sites for hydroxylation is 1. The van der Waals surface area contributed by atoms with Crippen LogP contribution in [0, 0.1) is 13.8 Å². The molecule has 1 aromatic carbocycles. The zero-order valence-corrected chi connectivity index (χ0v) is 13.8. The molecule has 0 saturated carbocycles. The Kier molecular flexibility index (Phi) is 5.21. The third-order valence-electron chi connectivity index (χ3n) is 3.65. The monoisotopic (exact) mass is 321 g/mol. The molecule has 1 heterocycles. The van der Waals surface area contributed by atoms with Crippen LogP contribution in [0.1, 0.15) is 23.4 Å². The molecule has 5 nitrogen and oxygen atoms in total. The molecule has 118 valence electrons. The number of aliphatic carboxylic acids is 1. The number of rotatable bonds is 6. The second-order valence-electron chi connectivity index (χ2n) is 5.42. The number of carboxylic acids is 1. The lowest BCUT2D eigenvalue weighted by Crippen LogP contribution is -2.22. The SMILES string of the molecule is Cc1nn(-c2ccc(Cl)cc2)c(C)c1CN(C)CCC(=O)O. The highest BCUT2D eigenvalue weighted by Crippen LogP contribution is 2.20. The molecule has 0 saturated heterocycles. The molecule has 0 aliphatic rings. The molecule has 0 aliphatic carbocycles. The molecule has 1 N–H and O–H groups in total. The first kappa shape index (κ1) is 16.5. The molecule has 22 heavy (non-hydrogen) atoms. The fourth-order valence-electron chi connectivity index (χ4n) is 2.37. The molecule has 0 aliphatic heterocycles. The van der Waals surface area contributed by atoms with E-state index in [1.54, 1.807) is 0 Å². The summed E-state index contributed by atoms with van der Waals surface area (Å²) in [5.74, 6) is -0.780. The van der Waals surface area contributed by atoms with Gasteiger partial charge in [0.15, 0.2) is 0 Å². The van der Waals surface area contributed by atoms with Crippen molar-refractivity contribution in [3.05, 3.63) is 46.2 Å². The Labute approximate surface area is 135 Å². The maximum atomic E-state index is 10.7. The highest BCUT2D eigenvalue weighted by molar-refractivity contribution is 6.30. The molecule has 0 radical (unpaired) electrons. The van der Waals surface area contributed by atoms with Crippen LogP contribution in [0.25, 0.3) is 5.69 Å². The first-order valence-corrected chi connectivity index (χ1v) is 7.47. The van der Waals surface area contributed by atoms with E-state index in [1.807, 2.05) is 54.7 Å². The summed E-state index contributed by atoms with van der Waals surface area (Å²) in [6.45, 7) is 5.19. The summed E-state index contributed by atoms with van der Waals surface area (Å²) in [4.78, 5) is 12.7. The molecule has 2 rings (SSSR count). The van der Waals surface area contributed by atoms with E-state index in [1.165, 1.54) is 0 Å². The number of hydrogen-bond donors (Lipinski definition) is 1. The minimum Gasteiger partial charge on any atom is -0.481 e. The van der Waals surface area contributed by atoms with Crippen LogP contribution in [-0.4, -0.2) is 39.3 Å². The first-order valence-electron chi connectivity index (χ1n) is 7.10. The van der Waals surface area contributed by atoms with Crippen molar-refractivity contribution in [3.8, 4) is 5.69 Å². The van der Waals surface area contributed by atoms with E-state index >= 15 is 0 Å². The first-order chi connectivity index (χ1) is 10.4. The second-order valence-corrected chi connectivity index (χ2v) is 5.86. The van der Waals surface area contributed by atoms with Crippen molar-refractivity contribution in [2.24, 2.45) is 0 Å². The van der Waals surface area contributed by atoms with Gasteiger partial charge in [-0.1, -0.05) is 11.6 Å². The third kappa shape index (κ3) is 3.87. The zero-order chi connectivity index (χ0) is 16.3. The number of hydrogen-bond acceptors (Lipinski definition) is 3. The van der Waals surface area contributed by atoms with Crippen LogP contribution in [0.15, 0.2) is 24.3 Å². The second kappa shape index (κ2) is 6.94. The molecule has 0 unspecified atom stereocenters. The van der Waals surface area contributed by atoms with Crippen LogP contribution in [0.2, 0.25) is 5.02 Å². The molecular formula is C16H20ClN3O2. The van der Waals surface area contributed by atoms with Crippen molar-refractivity contribution in [1.82, 2.24) is 14.7 Å². The van der Waals surface area contributed by atoms with Gasteiger partial charge >= 0.3 is 5.97 Å². The van der Waals surface area contributed by atoms with Gasteiger partial charge in [-0.25, -0.2) is 4.68 Å². The standard InChI is InChI=1S/C16H20ClN3O2/c1-11-15(10-19(3)9-8-16(21)22)12(2)20(18-11)14-6-4-13(17)5-7-14/h4-7H,8-10H2,1-3H3,(H,21,22). The van der Waals surface area contributed by atoms with Gasteiger partial charge in [0.1, 0.15) is 0 Å². The van der Waals surface area contributed by atoms with Crippen molar-refractivity contribution >= 4 is 17.6 Å². The molecule has 0 amide bonds. The highest BCUT2D eigenvalue weighted by Gasteiger charge is 2.15. The molecule has 6 heteroatoms. The highest BCUT2D eigenvalue weighted by atomic mass is 35.5. The van der Waals surface area contributed by atoms with Crippen molar-refractivity contribution < 1.29 is 9.90 Å². The van der Waals surface area contributed by atoms with Gasteiger partial charge in [0.2, 0.25) is 0 Å². The molecule has 0 bridgehead atoms. The van der Waals surface area contributed by atoms with Gasteiger partial charge in [-0.3, -0.25) is 4.79 Å². The summed E-state index contributed by atoms with van der Waals surface area (Å²) in [5, 5.41) is 14.0. The van der Waals surface area contributed by atoms with Crippen molar-refractivity contribution in [1.29, 1.82) is 0 Å². The Bertz CT molecular complexity index is 665. The van der Waals surface area contributed by atoms with E-state index < -0.39 is 5.97 Å². The van der Waals surface area contributed by atoms with E-state index in [4.69, 9.17) is 16.7 Å². The normalized spacial score (nSPS) is 11.1. The topological polar surface area (TPSA) is 58.4 Å². The van der Waals surface area contributed by atoms with Gasteiger partial charge in [0.25, 0.3) is 0 Å². The maximum absolute atomic E-state index is 10.7. The minimum atomic E-state index is -0.780. The zero-order valence-electron chi connectivity index (χ0n) is 13.0. The van der Waals surface area contributed by atoms with Crippen LogP contribution in [0.5, 0.6) is 0 Å². The van der Waals surface area contributed by atoms with Crippen molar-refractivity contribution in [2.75, 3.05) is 13.6 Å². The number of aromatic nitrogens is 2. The largest absolute Gasteiger partial charge is 0.481 e. The van der Waals surface area contributed by atoms with Gasteiger partial charge in [0, 0.05) is 29.4 Å². The average Bonchev–Trinajstić information content (AvgIpc) is 2.74. The van der Waals surface area contributed by atoms with E-state index in [-0.39, 0.29) is 6.42 Å². The lowest BCUT2D eigenvalue weighted by atomic mass is 10.2. The van der Waals surface area contributed by atoms with E-state index in [9.17, 15) is 4.79 Å². The molecular weight excluding hydrogens is 302 g/mol. The minimum absolute atomic E-state index is 0.139. The van der Waals surface area contributed by atoms with Gasteiger partial charge in [-0.2, -0.15) is 5.10 Å². The fourth-order valence-corrected chi connectivity index (χ4v) is 2.50. The molecule has 0 fully saturated rings.